The standard InChI is InChI=1S/C20H23FO4S2/c1-23-16-11-14(12-17(24-2)18(16)25-3)20(22,19-26-9-4-10-27-19)13-5-7-15(21)8-6-13/h5-8,11-12,19,22H,4,9-10H2,1-3H3. The summed E-state index contributed by atoms with van der Waals surface area (Å²) < 4.78 is 29.7. The minimum absolute atomic E-state index is 0.139. The molecule has 4 nitrogen and oxygen atoms in total. The molecule has 1 fully saturated rings. The van der Waals surface area contributed by atoms with Crippen molar-refractivity contribution in [3.63, 3.8) is 0 Å². The molecule has 1 saturated heterocycles. The zero-order valence-corrected chi connectivity index (χ0v) is 17.2. The highest BCUT2D eigenvalue weighted by molar-refractivity contribution is 8.17. The zero-order chi connectivity index (χ0) is 19.4. The summed E-state index contributed by atoms with van der Waals surface area (Å²) in [6.45, 7) is 0. The third kappa shape index (κ3) is 3.86. The normalized spacial score (nSPS) is 17.2. The van der Waals surface area contributed by atoms with Crippen LogP contribution < -0.4 is 14.2 Å². The second kappa shape index (κ2) is 8.63. The van der Waals surface area contributed by atoms with Gasteiger partial charge in [-0.1, -0.05) is 12.1 Å². The Labute approximate surface area is 167 Å². The molecule has 1 aliphatic rings. The minimum Gasteiger partial charge on any atom is -0.493 e. The molecule has 3 rings (SSSR count). The van der Waals surface area contributed by atoms with Gasteiger partial charge in [-0.25, -0.2) is 4.39 Å². The first-order chi connectivity index (χ1) is 13.0. The van der Waals surface area contributed by atoms with E-state index in [1.807, 2.05) is 0 Å². The topological polar surface area (TPSA) is 47.9 Å². The van der Waals surface area contributed by atoms with Gasteiger partial charge in [0.2, 0.25) is 5.75 Å². The molecule has 1 aliphatic heterocycles. The van der Waals surface area contributed by atoms with Crippen molar-refractivity contribution in [1.29, 1.82) is 0 Å². The molecular weight excluding hydrogens is 387 g/mol. The van der Waals surface area contributed by atoms with Crippen molar-refractivity contribution >= 4 is 23.5 Å². The number of thioether (sulfide) groups is 2. The molecule has 1 unspecified atom stereocenters. The summed E-state index contributed by atoms with van der Waals surface area (Å²) >= 11 is 3.41. The monoisotopic (exact) mass is 410 g/mol. The number of rotatable bonds is 6. The fraction of sp³-hybridized carbons (Fsp3) is 0.400. The predicted octanol–water partition coefficient (Wildman–Crippen LogP) is 4.28. The number of aliphatic hydroxyl groups is 1. The molecule has 1 N–H and O–H groups in total. The van der Waals surface area contributed by atoms with E-state index < -0.39 is 5.60 Å². The van der Waals surface area contributed by atoms with Crippen molar-refractivity contribution in [2.24, 2.45) is 0 Å². The Kier molecular flexibility index (Phi) is 6.44. The third-order valence-corrected chi connectivity index (χ3v) is 7.71. The fourth-order valence-electron chi connectivity index (χ4n) is 3.17. The first-order valence-corrected chi connectivity index (χ1v) is 10.7. The number of methoxy groups -OCH3 is 3. The molecule has 0 radical (unpaired) electrons. The lowest BCUT2D eigenvalue weighted by atomic mass is 9.87. The molecule has 2 aromatic rings. The highest BCUT2D eigenvalue weighted by atomic mass is 32.2. The highest BCUT2D eigenvalue weighted by Gasteiger charge is 2.43. The van der Waals surface area contributed by atoms with E-state index in [2.05, 4.69) is 0 Å². The Morgan fingerprint density at radius 1 is 0.926 bits per heavy atom. The van der Waals surface area contributed by atoms with Crippen molar-refractivity contribution in [1.82, 2.24) is 0 Å². The summed E-state index contributed by atoms with van der Waals surface area (Å²) in [5.74, 6) is 3.00. The molecule has 2 aromatic carbocycles. The Balaban J connectivity index is 2.19. The van der Waals surface area contributed by atoms with Crippen molar-refractivity contribution in [2.75, 3.05) is 32.8 Å². The quantitative estimate of drug-likeness (QED) is 0.767. The second-order valence-electron chi connectivity index (χ2n) is 6.11. The van der Waals surface area contributed by atoms with Crippen LogP contribution in [0.5, 0.6) is 17.2 Å². The Morgan fingerprint density at radius 2 is 1.48 bits per heavy atom. The van der Waals surface area contributed by atoms with Crippen LogP contribution in [0.25, 0.3) is 0 Å². The predicted molar refractivity (Wildman–Crippen MR) is 109 cm³/mol. The summed E-state index contributed by atoms with van der Waals surface area (Å²) in [4.78, 5) is 0. The smallest absolute Gasteiger partial charge is 0.203 e. The van der Waals surface area contributed by atoms with Crippen molar-refractivity contribution in [2.45, 2.75) is 16.6 Å². The lowest BCUT2D eigenvalue weighted by molar-refractivity contribution is 0.0982. The molecule has 27 heavy (non-hydrogen) atoms. The van der Waals surface area contributed by atoms with Gasteiger partial charge in [0.15, 0.2) is 11.5 Å². The second-order valence-corrected chi connectivity index (χ2v) is 8.84. The molecule has 0 bridgehead atoms. The lowest BCUT2D eigenvalue weighted by Crippen LogP contribution is -2.38. The van der Waals surface area contributed by atoms with E-state index in [4.69, 9.17) is 14.2 Å². The molecule has 1 heterocycles. The summed E-state index contributed by atoms with van der Waals surface area (Å²) in [5, 5.41) is 12.0. The van der Waals surface area contributed by atoms with Gasteiger partial charge in [0.1, 0.15) is 11.4 Å². The number of ether oxygens (including phenoxy) is 3. The van der Waals surface area contributed by atoms with Gasteiger partial charge < -0.3 is 19.3 Å². The summed E-state index contributed by atoms with van der Waals surface area (Å²) in [6, 6.07) is 9.54. The van der Waals surface area contributed by atoms with Crippen molar-refractivity contribution in [3.8, 4) is 17.2 Å². The van der Waals surface area contributed by atoms with Gasteiger partial charge in [0.25, 0.3) is 0 Å². The van der Waals surface area contributed by atoms with E-state index in [9.17, 15) is 9.50 Å². The summed E-state index contributed by atoms with van der Waals surface area (Å²) in [7, 11) is 4.63. The Morgan fingerprint density at radius 3 is 1.96 bits per heavy atom. The molecule has 0 aromatic heterocycles. The maximum atomic E-state index is 13.5. The van der Waals surface area contributed by atoms with Crippen molar-refractivity contribution in [3.05, 3.63) is 53.3 Å². The summed E-state index contributed by atoms with van der Waals surface area (Å²) in [5.41, 5.74) is -0.0865. The van der Waals surface area contributed by atoms with Crippen LogP contribution in [0.2, 0.25) is 0 Å². The molecular formula is C20H23FO4S2. The minimum atomic E-state index is -1.34. The van der Waals surface area contributed by atoms with Crippen LogP contribution in [0.3, 0.4) is 0 Å². The van der Waals surface area contributed by atoms with E-state index in [0.717, 1.165) is 17.9 Å². The average molecular weight is 411 g/mol. The number of halogens is 1. The molecule has 0 aliphatic carbocycles. The van der Waals surface area contributed by atoms with Gasteiger partial charge >= 0.3 is 0 Å². The lowest BCUT2D eigenvalue weighted by Gasteiger charge is -2.38. The average Bonchev–Trinajstić information content (AvgIpc) is 2.73. The molecule has 0 spiro atoms. The molecule has 0 saturated carbocycles. The van der Waals surface area contributed by atoms with E-state index in [0.29, 0.717) is 28.4 Å². The Hall–Kier alpha value is -1.57. The van der Waals surface area contributed by atoms with Crippen LogP contribution in [0, 0.1) is 5.82 Å². The van der Waals surface area contributed by atoms with Crippen LogP contribution in [-0.4, -0.2) is 42.5 Å². The number of benzene rings is 2. The third-order valence-electron chi connectivity index (χ3n) is 4.56. The Bertz CT molecular complexity index is 753. The van der Waals surface area contributed by atoms with Crippen LogP contribution in [0.15, 0.2) is 36.4 Å². The molecule has 1 atom stereocenters. The van der Waals surface area contributed by atoms with E-state index in [-0.39, 0.29) is 10.4 Å². The van der Waals surface area contributed by atoms with Crippen LogP contribution >= 0.6 is 23.5 Å². The van der Waals surface area contributed by atoms with Gasteiger partial charge in [-0.15, -0.1) is 23.5 Å². The zero-order valence-electron chi connectivity index (χ0n) is 15.5. The summed E-state index contributed by atoms with van der Waals surface area (Å²) in [6.07, 6.45) is 1.10. The van der Waals surface area contributed by atoms with E-state index in [1.165, 1.54) is 12.1 Å². The van der Waals surface area contributed by atoms with Gasteiger partial charge in [0, 0.05) is 0 Å². The SMILES string of the molecule is COc1cc(C(O)(c2ccc(F)cc2)C2SCCCS2)cc(OC)c1OC. The van der Waals surface area contributed by atoms with Gasteiger partial charge in [-0.3, -0.25) is 0 Å². The van der Waals surface area contributed by atoms with Crippen molar-refractivity contribution < 1.29 is 23.7 Å². The maximum absolute atomic E-state index is 13.5. The van der Waals surface area contributed by atoms with Gasteiger partial charge in [0.05, 0.1) is 25.9 Å². The van der Waals surface area contributed by atoms with Crippen LogP contribution in [-0.2, 0) is 5.60 Å². The largest absolute Gasteiger partial charge is 0.493 e. The van der Waals surface area contributed by atoms with Crippen LogP contribution in [0.4, 0.5) is 4.39 Å². The number of hydrogen-bond acceptors (Lipinski definition) is 6. The van der Waals surface area contributed by atoms with Gasteiger partial charge in [-0.2, -0.15) is 0 Å². The first-order valence-electron chi connectivity index (χ1n) is 8.56. The number of hydrogen-bond donors (Lipinski definition) is 1. The molecule has 0 amide bonds. The van der Waals surface area contributed by atoms with E-state index in [1.54, 1.807) is 69.1 Å². The van der Waals surface area contributed by atoms with Gasteiger partial charge in [-0.05, 0) is 53.3 Å². The molecule has 146 valence electrons. The first kappa shape index (κ1) is 20.2. The van der Waals surface area contributed by atoms with E-state index >= 15 is 0 Å². The molecule has 7 heteroatoms. The maximum Gasteiger partial charge on any atom is 0.203 e. The van der Waals surface area contributed by atoms with Crippen LogP contribution in [0.1, 0.15) is 17.5 Å². The highest BCUT2D eigenvalue weighted by Crippen LogP contribution is 2.50. The fourth-order valence-corrected chi connectivity index (χ4v) is 6.39.